The third-order valence-corrected chi connectivity index (χ3v) is 1.71. The Morgan fingerprint density at radius 1 is 1.64 bits per heavy atom. The summed E-state index contributed by atoms with van der Waals surface area (Å²) >= 11 is 0. The molecular formula is C8H13NO2. The fourth-order valence-corrected chi connectivity index (χ4v) is 1.07. The average Bonchev–Trinajstić information content (AvgIpc) is 1.98. The zero-order valence-electron chi connectivity index (χ0n) is 6.33. The molecule has 0 heterocycles. The molecule has 0 aliphatic heterocycles. The zero-order chi connectivity index (χ0) is 8.27. The largest absolute Gasteiger partial charge is 0.510 e. The number of aliphatic hydroxyl groups is 2. The van der Waals surface area contributed by atoms with Gasteiger partial charge in [-0.1, -0.05) is 6.08 Å². The SMILES string of the molecule is NCCC1=CCC(O)C(O)=C1. The standard InChI is InChI=1S/C8H13NO2/c9-4-3-6-1-2-7(10)8(11)5-6/h1,5,7,10-11H,2-4,9H2. The minimum Gasteiger partial charge on any atom is -0.510 e. The molecule has 1 aliphatic rings. The molecule has 1 atom stereocenters. The summed E-state index contributed by atoms with van der Waals surface area (Å²) in [6, 6.07) is 0. The Bertz CT molecular complexity index is 196. The smallest absolute Gasteiger partial charge is 0.121 e. The normalized spacial score (nSPS) is 24.4. The Labute approximate surface area is 65.8 Å². The van der Waals surface area contributed by atoms with Crippen molar-refractivity contribution in [1.29, 1.82) is 0 Å². The lowest BCUT2D eigenvalue weighted by molar-refractivity contribution is 0.153. The van der Waals surface area contributed by atoms with E-state index in [9.17, 15) is 0 Å². The summed E-state index contributed by atoms with van der Waals surface area (Å²) in [6.07, 6.45) is 4.03. The molecule has 0 fully saturated rings. The second kappa shape index (κ2) is 3.55. The Kier molecular flexibility index (Phi) is 2.68. The molecule has 0 saturated carbocycles. The molecule has 11 heavy (non-hydrogen) atoms. The maximum Gasteiger partial charge on any atom is 0.121 e. The van der Waals surface area contributed by atoms with Gasteiger partial charge in [0.05, 0.1) is 0 Å². The summed E-state index contributed by atoms with van der Waals surface area (Å²) in [7, 11) is 0. The van der Waals surface area contributed by atoms with Crippen molar-refractivity contribution in [2.24, 2.45) is 5.73 Å². The van der Waals surface area contributed by atoms with E-state index in [1.807, 2.05) is 6.08 Å². The predicted molar refractivity (Wildman–Crippen MR) is 43.1 cm³/mol. The molecule has 4 N–H and O–H groups in total. The van der Waals surface area contributed by atoms with Gasteiger partial charge in [0.2, 0.25) is 0 Å². The zero-order valence-corrected chi connectivity index (χ0v) is 6.33. The van der Waals surface area contributed by atoms with E-state index in [2.05, 4.69) is 0 Å². The summed E-state index contributed by atoms with van der Waals surface area (Å²) in [6.45, 7) is 0.575. The van der Waals surface area contributed by atoms with Crippen LogP contribution in [0.25, 0.3) is 0 Å². The lowest BCUT2D eigenvalue weighted by Crippen LogP contribution is -2.13. The van der Waals surface area contributed by atoms with Crippen LogP contribution in [0, 0.1) is 0 Å². The molecular weight excluding hydrogens is 142 g/mol. The van der Waals surface area contributed by atoms with E-state index in [1.54, 1.807) is 6.08 Å². The van der Waals surface area contributed by atoms with Gasteiger partial charge in [-0.05, 0) is 31.0 Å². The highest BCUT2D eigenvalue weighted by Crippen LogP contribution is 2.17. The van der Waals surface area contributed by atoms with E-state index in [4.69, 9.17) is 15.9 Å². The quantitative estimate of drug-likeness (QED) is 0.543. The van der Waals surface area contributed by atoms with E-state index in [0.29, 0.717) is 13.0 Å². The van der Waals surface area contributed by atoms with Crippen molar-refractivity contribution in [3.05, 3.63) is 23.5 Å². The fourth-order valence-electron chi connectivity index (χ4n) is 1.07. The van der Waals surface area contributed by atoms with Crippen molar-refractivity contribution in [2.45, 2.75) is 18.9 Å². The van der Waals surface area contributed by atoms with Gasteiger partial charge in [-0.3, -0.25) is 0 Å². The number of nitrogens with two attached hydrogens (primary N) is 1. The first kappa shape index (κ1) is 8.30. The molecule has 3 heteroatoms. The number of hydrogen-bond acceptors (Lipinski definition) is 3. The number of aliphatic hydroxyl groups excluding tert-OH is 2. The van der Waals surface area contributed by atoms with Crippen LogP contribution in [0.5, 0.6) is 0 Å². The molecule has 1 unspecified atom stereocenters. The Morgan fingerprint density at radius 3 is 2.91 bits per heavy atom. The second-order valence-electron chi connectivity index (χ2n) is 2.64. The van der Waals surface area contributed by atoms with E-state index in [0.717, 1.165) is 12.0 Å². The molecule has 0 bridgehead atoms. The average molecular weight is 155 g/mol. The van der Waals surface area contributed by atoms with Crippen LogP contribution in [-0.2, 0) is 0 Å². The molecule has 0 amide bonds. The van der Waals surface area contributed by atoms with Crippen molar-refractivity contribution >= 4 is 0 Å². The van der Waals surface area contributed by atoms with Gasteiger partial charge in [0.1, 0.15) is 11.9 Å². The van der Waals surface area contributed by atoms with E-state index in [1.165, 1.54) is 0 Å². The number of hydrogen-bond donors (Lipinski definition) is 3. The maximum atomic E-state index is 9.10. The minimum atomic E-state index is -0.712. The van der Waals surface area contributed by atoms with Crippen LogP contribution < -0.4 is 5.73 Å². The van der Waals surface area contributed by atoms with E-state index < -0.39 is 6.10 Å². The molecule has 1 rings (SSSR count). The number of rotatable bonds is 2. The van der Waals surface area contributed by atoms with Crippen molar-refractivity contribution in [1.82, 2.24) is 0 Å². The molecule has 0 aromatic carbocycles. The van der Waals surface area contributed by atoms with E-state index in [-0.39, 0.29) is 5.76 Å². The Balaban J connectivity index is 2.59. The van der Waals surface area contributed by atoms with Crippen LogP contribution in [0.2, 0.25) is 0 Å². The number of allylic oxidation sites excluding steroid dienone is 1. The van der Waals surface area contributed by atoms with Crippen LogP contribution in [0.1, 0.15) is 12.8 Å². The van der Waals surface area contributed by atoms with Gasteiger partial charge >= 0.3 is 0 Å². The first-order valence-corrected chi connectivity index (χ1v) is 3.71. The molecule has 0 saturated heterocycles. The van der Waals surface area contributed by atoms with Gasteiger partial charge < -0.3 is 15.9 Å². The Hall–Kier alpha value is -0.800. The lowest BCUT2D eigenvalue weighted by Gasteiger charge is -2.13. The molecule has 3 nitrogen and oxygen atoms in total. The van der Waals surface area contributed by atoms with Crippen molar-refractivity contribution in [2.75, 3.05) is 6.54 Å². The molecule has 0 spiro atoms. The summed E-state index contributed by atoms with van der Waals surface area (Å²) in [5.41, 5.74) is 6.33. The van der Waals surface area contributed by atoms with Crippen molar-refractivity contribution in [3.8, 4) is 0 Å². The van der Waals surface area contributed by atoms with E-state index >= 15 is 0 Å². The first-order valence-electron chi connectivity index (χ1n) is 3.71. The van der Waals surface area contributed by atoms with Crippen LogP contribution in [0.15, 0.2) is 23.5 Å². The highest BCUT2D eigenvalue weighted by atomic mass is 16.3. The highest BCUT2D eigenvalue weighted by Gasteiger charge is 2.12. The summed E-state index contributed by atoms with van der Waals surface area (Å²) in [5.74, 6) is 0.0518. The van der Waals surface area contributed by atoms with Gasteiger partial charge in [0.15, 0.2) is 0 Å². The third kappa shape index (κ3) is 2.06. The van der Waals surface area contributed by atoms with Crippen LogP contribution >= 0.6 is 0 Å². The van der Waals surface area contributed by atoms with Crippen LogP contribution in [0.3, 0.4) is 0 Å². The highest BCUT2D eigenvalue weighted by molar-refractivity contribution is 5.27. The summed E-state index contributed by atoms with van der Waals surface area (Å²) in [5, 5.41) is 18.2. The molecule has 62 valence electrons. The van der Waals surface area contributed by atoms with Crippen LogP contribution in [-0.4, -0.2) is 22.9 Å². The minimum absolute atomic E-state index is 0.0518. The summed E-state index contributed by atoms with van der Waals surface area (Å²) < 4.78 is 0. The third-order valence-electron chi connectivity index (χ3n) is 1.71. The fraction of sp³-hybridized carbons (Fsp3) is 0.500. The van der Waals surface area contributed by atoms with Gasteiger partial charge in [0.25, 0.3) is 0 Å². The maximum absolute atomic E-state index is 9.10. The molecule has 0 radical (unpaired) electrons. The predicted octanol–water partition coefficient (Wildman–Crippen LogP) is 0.468. The van der Waals surface area contributed by atoms with Gasteiger partial charge in [0, 0.05) is 0 Å². The molecule has 0 aromatic heterocycles. The molecule has 0 aromatic rings. The lowest BCUT2D eigenvalue weighted by atomic mass is 10.0. The van der Waals surface area contributed by atoms with Gasteiger partial charge in [-0.25, -0.2) is 0 Å². The molecule has 1 aliphatic carbocycles. The Morgan fingerprint density at radius 2 is 2.36 bits per heavy atom. The monoisotopic (exact) mass is 155 g/mol. The first-order chi connectivity index (χ1) is 5.24. The van der Waals surface area contributed by atoms with Gasteiger partial charge in [-0.2, -0.15) is 0 Å². The van der Waals surface area contributed by atoms with Crippen molar-refractivity contribution in [3.63, 3.8) is 0 Å². The van der Waals surface area contributed by atoms with Crippen molar-refractivity contribution < 1.29 is 10.2 Å². The van der Waals surface area contributed by atoms with Crippen LogP contribution in [0.4, 0.5) is 0 Å². The topological polar surface area (TPSA) is 66.5 Å². The second-order valence-corrected chi connectivity index (χ2v) is 2.64. The van der Waals surface area contributed by atoms with Gasteiger partial charge in [-0.15, -0.1) is 0 Å². The summed E-state index contributed by atoms with van der Waals surface area (Å²) in [4.78, 5) is 0.